The highest BCUT2D eigenvalue weighted by Gasteiger charge is 2.20. The number of hydrogen-bond acceptors (Lipinski definition) is 5. The van der Waals surface area contributed by atoms with Gasteiger partial charge in [-0.05, 0) is 23.6 Å². The van der Waals surface area contributed by atoms with Crippen molar-refractivity contribution in [3.63, 3.8) is 0 Å². The van der Waals surface area contributed by atoms with Crippen LogP contribution in [-0.2, 0) is 13.1 Å². The Morgan fingerprint density at radius 3 is 2.95 bits per heavy atom. The third kappa shape index (κ3) is 2.77. The van der Waals surface area contributed by atoms with Gasteiger partial charge in [0.05, 0.1) is 19.4 Å². The SMILES string of the molecule is O=C(c1ncn[nH]1)N(Cc1ccco1)Cc1cccs1. The third-order valence-electron chi connectivity index (χ3n) is 2.76. The number of rotatable bonds is 5. The molecule has 0 bridgehead atoms. The number of H-pyrrole nitrogens is 1. The highest BCUT2D eigenvalue weighted by Crippen LogP contribution is 2.16. The lowest BCUT2D eigenvalue weighted by atomic mass is 10.3. The molecule has 0 aliphatic rings. The van der Waals surface area contributed by atoms with E-state index in [-0.39, 0.29) is 11.7 Å². The van der Waals surface area contributed by atoms with Gasteiger partial charge in [0.1, 0.15) is 12.1 Å². The molecule has 6 nitrogen and oxygen atoms in total. The molecule has 0 aliphatic carbocycles. The van der Waals surface area contributed by atoms with Crippen LogP contribution in [0, 0.1) is 0 Å². The first-order valence-electron chi connectivity index (χ1n) is 6.02. The second-order valence-electron chi connectivity index (χ2n) is 4.15. The van der Waals surface area contributed by atoms with E-state index in [1.54, 1.807) is 28.6 Å². The number of aromatic amines is 1. The zero-order chi connectivity index (χ0) is 13.8. The summed E-state index contributed by atoms with van der Waals surface area (Å²) in [6.45, 7) is 0.905. The van der Waals surface area contributed by atoms with E-state index < -0.39 is 0 Å². The molecule has 7 heteroatoms. The number of carbonyl (C=O) groups excluding carboxylic acids is 1. The molecule has 0 atom stereocenters. The van der Waals surface area contributed by atoms with Gasteiger partial charge in [0.2, 0.25) is 5.82 Å². The Balaban J connectivity index is 1.81. The molecule has 3 heterocycles. The fraction of sp³-hybridized carbons (Fsp3) is 0.154. The molecule has 20 heavy (non-hydrogen) atoms. The highest BCUT2D eigenvalue weighted by atomic mass is 32.1. The minimum atomic E-state index is -0.202. The molecule has 3 rings (SSSR count). The van der Waals surface area contributed by atoms with Crippen LogP contribution in [0.2, 0.25) is 0 Å². The van der Waals surface area contributed by atoms with Crippen LogP contribution in [-0.4, -0.2) is 26.0 Å². The Kier molecular flexibility index (Phi) is 3.60. The van der Waals surface area contributed by atoms with E-state index in [0.29, 0.717) is 13.1 Å². The van der Waals surface area contributed by atoms with Gasteiger partial charge in [0, 0.05) is 4.88 Å². The van der Waals surface area contributed by atoms with E-state index in [9.17, 15) is 4.79 Å². The average molecular weight is 288 g/mol. The molecule has 3 aromatic heterocycles. The van der Waals surface area contributed by atoms with Crippen LogP contribution < -0.4 is 0 Å². The minimum absolute atomic E-state index is 0.202. The lowest BCUT2D eigenvalue weighted by Gasteiger charge is -2.19. The first kappa shape index (κ1) is 12.6. The van der Waals surface area contributed by atoms with Crippen molar-refractivity contribution in [1.82, 2.24) is 20.1 Å². The summed E-state index contributed by atoms with van der Waals surface area (Å²) >= 11 is 1.61. The van der Waals surface area contributed by atoms with Crippen molar-refractivity contribution in [1.29, 1.82) is 0 Å². The van der Waals surface area contributed by atoms with E-state index in [1.807, 2.05) is 23.6 Å². The average Bonchev–Trinajstić information content (AvgIpc) is 3.20. The molecule has 0 spiro atoms. The van der Waals surface area contributed by atoms with E-state index in [0.717, 1.165) is 10.6 Å². The first-order chi connectivity index (χ1) is 9.83. The summed E-state index contributed by atoms with van der Waals surface area (Å²) in [5.74, 6) is 0.759. The van der Waals surface area contributed by atoms with Gasteiger partial charge in [-0.25, -0.2) is 4.98 Å². The van der Waals surface area contributed by atoms with Gasteiger partial charge >= 0.3 is 0 Å². The maximum Gasteiger partial charge on any atom is 0.291 e. The number of nitrogens with one attached hydrogen (secondary N) is 1. The molecule has 0 saturated heterocycles. The molecule has 1 amide bonds. The molecule has 1 N–H and O–H groups in total. The monoisotopic (exact) mass is 288 g/mol. The van der Waals surface area contributed by atoms with Crippen molar-refractivity contribution < 1.29 is 9.21 Å². The van der Waals surface area contributed by atoms with Crippen molar-refractivity contribution in [3.05, 3.63) is 58.7 Å². The van der Waals surface area contributed by atoms with Crippen molar-refractivity contribution in [2.75, 3.05) is 0 Å². The summed E-state index contributed by atoms with van der Waals surface area (Å²) in [5.41, 5.74) is 0. The fourth-order valence-corrected chi connectivity index (χ4v) is 2.56. The number of hydrogen-bond donors (Lipinski definition) is 1. The van der Waals surface area contributed by atoms with Crippen LogP contribution in [0.1, 0.15) is 21.3 Å². The second-order valence-corrected chi connectivity index (χ2v) is 5.19. The van der Waals surface area contributed by atoms with Crippen LogP contribution in [0.4, 0.5) is 0 Å². The summed E-state index contributed by atoms with van der Waals surface area (Å²) in [7, 11) is 0. The Hall–Kier alpha value is -2.41. The minimum Gasteiger partial charge on any atom is -0.467 e. The highest BCUT2D eigenvalue weighted by molar-refractivity contribution is 7.09. The molecular weight excluding hydrogens is 276 g/mol. The summed E-state index contributed by atoms with van der Waals surface area (Å²) in [5, 5.41) is 8.30. The Morgan fingerprint density at radius 2 is 2.30 bits per heavy atom. The van der Waals surface area contributed by atoms with Crippen LogP contribution in [0.25, 0.3) is 0 Å². The fourth-order valence-electron chi connectivity index (χ4n) is 1.84. The Bertz CT molecular complexity index is 610. The number of amides is 1. The quantitative estimate of drug-likeness (QED) is 0.781. The lowest BCUT2D eigenvalue weighted by Crippen LogP contribution is -2.30. The van der Waals surface area contributed by atoms with Gasteiger partial charge in [-0.15, -0.1) is 11.3 Å². The van der Waals surface area contributed by atoms with Crippen LogP contribution in [0.5, 0.6) is 0 Å². The largest absolute Gasteiger partial charge is 0.467 e. The molecule has 102 valence electrons. The van der Waals surface area contributed by atoms with Gasteiger partial charge in [0.15, 0.2) is 0 Å². The van der Waals surface area contributed by atoms with Gasteiger partial charge in [-0.1, -0.05) is 6.07 Å². The van der Waals surface area contributed by atoms with E-state index >= 15 is 0 Å². The zero-order valence-corrected chi connectivity index (χ0v) is 11.3. The smallest absolute Gasteiger partial charge is 0.291 e. The second kappa shape index (κ2) is 5.70. The van der Waals surface area contributed by atoms with E-state index in [1.165, 1.54) is 6.33 Å². The Labute approximate surface area is 119 Å². The van der Waals surface area contributed by atoms with Crippen LogP contribution in [0.3, 0.4) is 0 Å². The normalized spacial score (nSPS) is 10.6. The maximum atomic E-state index is 12.4. The van der Waals surface area contributed by atoms with Gasteiger partial charge < -0.3 is 9.32 Å². The Morgan fingerprint density at radius 1 is 1.35 bits per heavy atom. The molecule has 0 fully saturated rings. The zero-order valence-electron chi connectivity index (χ0n) is 10.5. The van der Waals surface area contributed by atoms with Crippen molar-refractivity contribution in [2.45, 2.75) is 13.1 Å². The lowest BCUT2D eigenvalue weighted by molar-refractivity contribution is 0.0707. The molecule has 0 saturated carbocycles. The number of thiophene rings is 1. The summed E-state index contributed by atoms with van der Waals surface area (Å²) in [6, 6.07) is 7.60. The van der Waals surface area contributed by atoms with E-state index in [4.69, 9.17) is 4.42 Å². The van der Waals surface area contributed by atoms with Crippen LogP contribution >= 0.6 is 11.3 Å². The first-order valence-corrected chi connectivity index (χ1v) is 6.90. The third-order valence-corrected chi connectivity index (χ3v) is 3.62. The molecular formula is C13H12N4O2S. The topological polar surface area (TPSA) is 75.0 Å². The van der Waals surface area contributed by atoms with Gasteiger partial charge in [0.25, 0.3) is 5.91 Å². The predicted molar refractivity (Wildman–Crippen MR) is 73.0 cm³/mol. The standard InChI is InChI=1S/C13H12N4O2S/c18-13(12-14-9-15-16-12)17(7-10-3-1-5-19-10)8-11-4-2-6-20-11/h1-6,9H,7-8H2,(H,14,15,16). The number of furan rings is 1. The van der Waals surface area contributed by atoms with Crippen molar-refractivity contribution >= 4 is 17.2 Å². The van der Waals surface area contributed by atoms with Crippen molar-refractivity contribution in [3.8, 4) is 0 Å². The number of carbonyl (C=O) groups is 1. The predicted octanol–water partition coefficient (Wildman–Crippen LogP) is 2.30. The van der Waals surface area contributed by atoms with E-state index in [2.05, 4.69) is 15.2 Å². The summed E-state index contributed by atoms with van der Waals surface area (Å²) < 4.78 is 5.31. The number of aromatic nitrogens is 3. The molecule has 0 aliphatic heterocycles. The molecule has 3 aromatic rings. The van der Waals surface area contributed by atoms with Gasteiger partial charge in [-0.2, -0.15) is 5.10 Å². The van der Waals surface area contributed by atoms with Crippen molar-refractivity contribution in [2.24, 2.45) is 0 Å². The maximum absolute atomic E-state index is 12.4. The van der Waals surface area contributed by atoms with Crippen LogP contribution in [0.15, 0.2) is 46.7 Å². The summed E-state index contributed by atoms with van der Waals surface area (Å²) in [6.07, 6.45) is 2.92. The summed E-state index contributed by atoms with van der Waals surface area (Å²) in [4.78, 5) is 19.1. The molecule has 0 aromatic carbocycles. The molecule has 0 unspecified atom stereocenters. The number of nitrogens with zero attached hydrogens (tertiary/aromatic N) is 3. The van der Waals surface area contributed by atoms with Gasteiger partial charge in [-0.3, -0.25) is 9.89 Å². The molecule has 0 radical (unpaired) electrons.